The summed E-state index contributed by atoms with van der Waals surface area (Å²) in [5.41, 5.74) is 0. The van der Waals surface area contributed by atoms with Crippen LogP contribution in [0.25, 0.3) is 0 Å². The van der Waals surface area contributed by atoms with E-state index in [9.17, 15) is 4.79 Å². The molecule has 3 unspecified atom stereocenters. The Morgan fingerprint density at radius 2 is 2.06 bits per heavy atom. The Bertz CT molecular complexity index is 280. The van der Waals surface area contributed by atoms with E-state index in [1.165, 1.54) is 18.6 Å². The number of carbonyl (C=O) groups is 1. The van der Waals surface area contributed by atoms with E-state index < -0.39 is 0 Å². The first-order chi connectivity index (χ1) is 8.36. The lowest BCUT2D eigenvalue weighted by Gasteiger charge is -2.32. The van der Waals surface area contributed by atoms with Gasteiger partial charge < -0.3 is 10.2 Å². The highest BCUT2D eigenvalue weighted by Crippen LogP contribution is 2.32. The molecule has 0 aromatic heterocycles. The third-order valence-corrected chi connectivity index (χ3v) is 6.74. The van der Waals surface area contributed by atoms with Crippen LogP contribution in [0.5, 0.6) is 0 Å². The third-order valence-electron chi connectivity index (χ3n) is 4.00. The monoisotopic (exact) mass is 272 g/mol. The average Bonchev–Trinajstić information content (AvgIpc) is 2.63. The van der Waals surface area contributed by atoms with Gasteiger partial charge in [-0.15, -0.1) is 11.8 Å². The Hall–Kier alpha value is 0.130. The lowest BCUT2D eigenvalue weighted by Crippen LogP contribution is -2.47. The number of rotatable bonds is 1. The molecule has 0 aliphatic carbocycles. The van der Waals surface area contributed by atoms with Crippen molar-refractivity contribution in [2.75, 3.05) is 30.3 Å². The Morgan fingerprint density at radius 1 is 1.18 bits per heavy atom. The zero-order chi connectivity index (χ0) is 11.7. The Balaban J connectivity index is 1.71. The second kappa shape index (κ2) is 5.41. The first kappa shape index (κ1) is 12.2. The van der Waals surface area contributed by atoms with Gasteiger partial charge in [0.1, 0.15) is 0 Å². The van der Waals surface area contributed by atoms with Crippen LogP contribution in [0.1, 0.15) is 19.3 Å². The van der Waals surface area contributed by atoms with Gasteiger partial charge in [0.25, 0.3) is 0 Å². The highest BCUT2D eigenvalue weighted by atomic mass is 32.2. The number of fused-ring (bicyclic) bond motifs is 2. The van der Waals surface area contributed by atoms with Crippen molar-refractivity contribution in [1.82, 2.24) is 10.2 Å². The molecule has 0 aromatic carbocycles. The molecule has 3 aliphatic rings. The summed E-state index contributed by atoms with van der Waals surface area (Å²) < 4.78 is 0. The van der Waals surface area contributed by atoms with Gasteiger partial charge in [-0.25, -0.2) is 0 Å². The quantitative estimate of drug-likeness (QED) is 0.777. The minimum absolute atomic E-state index is 0.231. The standard InChI is InChI=1S/C12H20N2OS2/c15-12(11-8-16-5-6-17-11)14-9-1-2-10(14)7-13-4-3-9/h9-11,13H,1-8H2. The van der Waals surface area contributed by atoms with Crippen LogP contribution in [0.15, 0.2) is 0 Å². The van der Waals surface area contributed by atoms with Crippen LogP contribution in [0, 0.1) is 0 Å². The molecular formula is C12H20N2OS2. The summed E-state index contributed by atoms with van der Waals surface area (Å²) in [4.78, 5) is 14.9. The van der Waals surface area contributed by atoms with Crippen molar-refractivity contribution < 1.29 is 4.79 Å². The van der Waals surface area contributed by atoms with Gasteiger partial charge in [0.05, 0.1) is 5.25 Å². The fourth-order valence-electron chi connectivity index (χ4n) is 3.14. The molecule has 96 valence electrons. The lowest BCUT2D eigenvalue weighted by atomic mass is 10.1. The summed E-state index contributed by atoms with van der Waals surface area (Å²) in [6.07, 6.45) is 3.57. The summed E-state index contributed by atoms with van der Waals surface area (Å²) in [5.74, 6) is 3.80. The molecular weight excluding hydrogens is 252 g/mol. The molecule has 0 radical (unpaired) electrons. The second-order valence-electron chi connectivity index (χ2n) is 5.06. The molecule has 0 aromatic rings. The number of amides is 1. The predicted octanol–water partition coefficient (Wildman–Crippen LogP) is 1.19. The number of thioether (sulfide) groups is 2. The van der Waals surface area contributed by atoms with Crippen molar-refractivity contribution in [2.24, 2.45) is 0 Å². The molecule has 0 saturated carbocycles. The van der Waals surface area contributed by atoms with Crippen molar-refractivity contribution in [3.05, 3.63) is 0 Å². The number of hydrogen-bond donors (Lipinski definition) is 1. The van der Waals surface area contributed by atoms with Crippen LogP contribution < -0.4 is 5.32 Å². The maximum atomic E-state index is 12.6. The largest absolute Gasteiger partial charge is 0.334 e. The Kier molecular flexibility index (Phi) is 3.87. The van der Waals surface area contributed by atoms with Crippen LogP contribution in [0.3, 0.4) is 0 Å². The van der Waals surface area contributed by atoms with E-state index in [1.807, 2.05) is 23.5 Å². The summed E-state index contributed by atoms with van der Waals surface area (Å²) in [5, 5.41) is 3.69. The van der Waals surface area contributed by atoms with Gasteiger partial charge >= 0.3 is 0 Å². The van der Waals surface area contributed by atoms with E-state index in [-0.39, 0.29) is 5.25 Å². The van der Waals surface area contributed by atoms with E-state index in [4.69, 9.17) is 0 Å². The Labute approximate surface area is 111 Å². The van der Waals surface area contributed by atoms with Gasteiger partial charge in [0.15, 0.2) is 0 Å². The molecule has 3 heterocycles. The van der Waals surface area contributed by atoms with Crippen LogP contribution >= 0.6 is 23.5 Å². The number of hydrogen-bond acceptors (Lipinski definition) is 4. The Morgan fingerprint density at radius 3 is 2.88 bits per heavy atom. The maximum absolute atomic E-state index is 12.6. The second-order valence-corrected chi connectivity index (χ2v) is 7.52. The highest BCUT2D eigenvalue weighted by molar-refractivity contribution is 8.07. The molecule has 3 rings (SSSR count). The number of nitrogens with one attached hydrogen (secondary N) is 1. The molecule has 1 amide bonds. The fraction of sp³-hybridized carbons (Fsp3) is 0.917. The van der Waals surface area contributed by atoms with Crippen molar-refractivity contribution in [3.63, 3.8) is 0 Å². The minimum atomic E-state index is 0.231. The molecule has 3 fully saturated rings. The highest BCUT2D eigenvalue weighted by Gasteiger charge is 2.40. The average molecular weight is 272 g/mol. The maximum Gasteiger partial charge on any atom is 0.237 e. The molecule has 3 nitrogen and oxygen atoms in total. The number of carbonyl (C=O) groups excluding carboxylic acids is 1. The predicted molar refractivity (Wildman–Crippen MR) is 74.7 cm³/mol. The van der Waals surface area contributed by atoms with Gasteiger partial charge in [-0.2, -0.15) is 11.8 Å². The van der Waals surface area contributed by atoms with Gasteiger partial charge in [-0.1, -0.05) is 0 Å². The molecule has 17 heavy (non-hydrogen) atoms. The van der Waals surface area contributed by atoms with Crippen LogP contribution in [-0.4, -0.2) is 58.5 Å². The topological polar surface area (TPSA) is 32.3 Å². The van der Waals surface area contributed by atoms with Crippen molar-refractivity contribution in [2.45, 2.75) is 36.6 Å². The van der Waals surface area contributed by atoms with E-state index in [1.54, 1.807) is 0 Å². The lowest BCUT2D eigenvalue weighted by molar-refractivity contribution is -0.132. The first-order valence-corrected chi connectivity index (χ1v) is 8.79. The van der Waals surface area contributed by atoms with Crippen molar-refractivity contribution >= 4 is 29.4 Å². The normalized spacial score (nSPS) is 37.9. The van der Waals surface area contributed by atoms with Crippen LogP contribution in [0.4, 0.5) is 0 Å². The minimum Gasteiger partial charge on any atom is -0.334 e. The molecule has 3 atom stereocenters. The van der Waals surface area contributed by atoms with Gasteiger partial charge in [0.2, 0.25) is 5.91 Å². The molecule has 3 aliphatic heterocycles. The number of nitrogens with zero attached hydrogens (tertiary/aromatic N) is 1. The smallest absolute Gasteiger partial charge is 0.237 e. The SMILES string of the molecule is O=C(C1CSCCS1)N1C2CCNCC1CC2. The van der Waals surface area contributed by atoms with Gasteiger partial charge in [-0.3, -0.25) is 4.79 Å². The fourth-order valence-corrected chi connectivity index (χ4v) is 5.74. The molecule has 2 bridgehead atoms. The third kappa shape index (κ3) is 2.47. The van der Waals surface area contributed by atoms with E-state index >= 15 is 0 Å². The van der Waals surface area contributed by atoms with Gasteiger partial charge in [-0.05, 0) is 25.8 Å². The molecule has 5 heteroatoms. The molecule has 1 N–H and O–H groups in total. The molecule has 0 spiro atoms. The van der Waals surface area contributed by atoms with Crippen LogP contribution in [-0.2, 0) is 4.79 Å². The first-order valence-electron chi connectivity index (χ1n) is 6.58. The summed E-state index contributed by atoms with van der Waals surface area (Å²) in [7, 11) is 0. The summed E-state index contributed by atoms with van der Waals surface area (Å²) in [6, 6.07) is 0.998. The zero-order valence-electron chi connectivity index (χ0n) is 10.1. The van der Waals surface area contributed by atoms with E-state index in [0.29, 0.717) is 18.0 Å². The summed E-state index contributed by atoms with van der Waals surface area (Å²) >= 11 is 3.81. The van der Waals surface area contributed by atoms with Gasteiger partial charge in [0, 0.05) is 35.9 Å². The van der Waals surface area contributed by atoms with E-state index in [0.717, 1.165) is 31.0 Å². The molecule has 3 saturated heterocycles. The van der Waals surface area contributed by atoms with Crippen molar-refractivity contribution in [3.8, 4) is 0 Å². The summed E-state index contributed by atoms with van der Waals surface area (Å²) in [6.45, 7) is 2.09. The van der Waals surface area contributed by atoms with Crippen molar-refractivity contribution in [1.29, 1.82) is 0 Å². The van der Waals surface area contributed by atoms with E-state index in [2.05, 4.69) is 10.2 Å². The zero-order valence-corrected chi connectivity index (χ0v) is 11.7. The van der Waals surface area contributed by atoms with Crippen LogP contribution in [0.2, 0.25) is 0 Å².